The highest BCUT2D eigenvalue weighted by molar-refractivity contribution is 5.87. The molecule has 0 bridgehead atoms. The summed E-state index contributed by atoms with van der Waals surface area (Å²) >= 11 is 0. The quantitative estimate of drug-likeness (QED) is 0.583. The van der Waals surface area contributed by atoms with Gasteiger partial charge in [0.25, 0.3) is 0 Å². The molecule has 3 N–H and O–H groups in total. The van der Waals surface area contributed by atoms with Crippen LogP contribution in [-0.4, -0.2) is 22.4 Å². The molecule has 1 aromatic heterocycles. The van der Waals surface area contributed by atoms with Gasteiger partial charge < -0.3 is 14.6 Å². The lowest BCUT2D eigenvalue weighted by Gasteiger charge is -2.03. The van der Waals surface area contributed by atoms with Crippen molar-refractivity contribution in [2.24, 2.45) is 0 Å². The zero-order valence-electron chi connectivity index (χ0n) is 7.15. The summed E-state index contributed by atoms with van der Waals surface area (Å²) < 4.78 is 4.92. The van der Waals surface area contributed by atoms with Crippen molar-refractivity contribution >= 4 is 11.8 Å². The Morgan fingerprint density at radius 3 is 2.92 bits per heavy atom. The van der Waals surface area contributed by atoms with Crippen LogP contribution >= 0.6 is 0 Å². The van der Waals surface area contributed by atoms with Crippen LogP contribution in [0.4, 0.5) is 5.88 Å². The van der Waals surface area contributed by atoms with E-state index in [1.54, 1.807) is 6.07 Å². The molecule has 0 radical (unpaired) electrons. The Kier molecular flexibility index (Phi) is 3.05. The van der Waals surface area contributed by atoms with Gasteiger partial charge >= 0.3 is 0 Å². The largest absolute Gasteiger partial charge is 0.448 e. The van der Waals surface area contributed by atoms with Gasteiger partial charge in [-0.3, -0.25) is 10.1 Å². The van der Waals surface area contributed by atoms with Gasteiger partial charge in [-0.15, -0.1) is 0 Å². The fourth-order valence-corrected chi connectivity index (χ4v) is 0.963. The normalized spacial score (nSPS) is 10.5. The summed E-state index contributed by atoms with van der Waals surface area (Å²) in [7, 11) is 0. The molecule has 1 heterocycles. The number of carbonyl (C=O) groups is 1. The predicted molar refractivity (Wildman–Crippen MR) is 44.9 cm³/mol. The minimum atomic E-state index is -1.44. The molecular formula is C8H11NO4. The Morgan fingerprint density at radius 2 is 2.38 bits per heavy atom. The van der Waals surface area contributed by atoms with Crippen LogP contribution in [0.15, 0.2) is 16.7 Å². The molecule has 0 saturated heterocycles. The SMILES string of the molecule is CC(=O)Nc1occc1CC(O)O. The fraction of sp³-hybridized carbons (Fsp3) is 0.375. The van der Waals surface area contributed by atoms with E-state index in [4.69, 9.17) is 14.6 Å². The standard InChI is InChI=1S/C8H11NO4/c1-5(10)9-8-6(2-3-13-8)4-7(11)12/h2-3,7,11-12H,4H2,1H3,(H,9,10). The molecule has 0 unspecified atom stereocenters. The van der Waals surface area contributed by atoms with Gasteiger partial charge in [-0.05, 0) is 6.07 Å². The third-order valence-electron chi connectivity index (χ3n) is 1.44. The zero-order valence-corrected chi connectivity index (χ0v) is 7.15. The maximum Gasteiger partial charge on any atom is 0.223 e. The zero-order chi connectivity index (χ0) is 9.84. The van der Waals surface area contributed by atoms with Crippen molar-refractivity contribution in [2.45, 2.75) is 19.6 Å². The summed E-state index contributed by atoms with van der Waals surface area (Å²) in [5.41, 5.74) is 0.560. The highest BCUT2D eigenvalue weighted by Gasteiger charge is 2.10. The van der Waals surface area contributed by atoms with Gasteiger partial charge in [-0.1, -0.05) is 0 Å². The van der Waals surface area contributed by atoms with E-state index in [2.05, 4.69) is 5.32 Å². The number of amides is 1. The molecule has 0 aliphatic carbocycles. The lowest BCUT2D eigenvalue weighted by molar-refractivity contribution is -0.114. The minimum absolute atomic E-state index is 0.0338. The fourth-order valence-electron chi connectivity index (χ4n) is 0.963. The Bertz CT molecular complexity index is 292. The van der Waals surface area contributed by atoms with Crippen molar-refractivity contribution in [1.29, 1.82) is 0 Å². The van der Waals surface area contributed by atoms with Crippen LogP contribution in [0.5, 0.6) is 0 Å². The van der Waals surface area contributed by atoms with Gasteiger partial charge in [0.2, 0.25) is 11.8 Å². The number of nitrogens with one attached hydrogen (secondary N) is 1. The van der Waals surface area contributed by atoms with Crippen molar-refractivity contribution < 1.29 is 19.4 Å². The van der Waals surface area contributed by atoms with Crippen molar-refractivity contribution in [2.75, 3.05) is 5.32 Å². The second kappa shape index (κ2) is 4.06. The molecule has 0 fully saturated rings. The summed E-state index contributed by atoms with van der Waals surface area (Å²) in [6, 6.07) is 1.57. The molecule has 1 aromatic rings. The second-order valence-corrected chi connectivity index (χ2v) is 2.64. The van der Waals surface area contributed by atoms with Gasteiger partial charge in [0, 0.05) is 18.9 Å². The van der Waals surface area contributed by atoms with E-state index in [1.807, 2.05) is 0 Å². The second-order valence-electron chi connectivity index (χ2n) is 2.64. The molecule has 13 heavy (non-hydrogen) atoms. The smallest absolute Gasteiger partial charge is 0.223 e. The van der Waals surface area contributed by atoms with Crippen molar-refractivity contribution in [1.82, 2.24) is 0 Å². The lowest BCUT2D eigenvalue weighted by Crippen LogP contribution is -2.11. The highest BCUT2D eigenvalue weighted by Crippen LogP contribution is 2.17. The van der Waals surface area contributed by atoms with Crippen molar-refractivity contribution in [3.05, 3.63) is 17.9 Å². The van der Waals surface area contributed by atoms with Gasteiger partial charge in [-0.25, -0.2) is 0 Å². The molecule has 1 rings (SSSR count). The Labute approximate surface area is 75.0 Å². The third-order valence-corrected chi connectivity index (χ3v) is 1.44. The maximum absolute atomic E-state index is 10.7. The molecule has 0 aromatic carbocycles. The maximum atomic E-state index is 10.7. The Hall–Kier alpha value is -1.33. The van der Waals surface area contributed by atoms with E-state index in [0.717, 1.165) is 0 Å². The van der Waals surface area contributed by atoms with Crippen LogP contribution in [0.2, 0.25) is 0 Å². The van der Waals surface area contributed by atoms with Gasteiger partial charge in [0.1, 0.15) is 0 Å². The average molecular weight is 185 g/mol. The summed E-state index contributed by atoms with van der Waals surface area (Å²) in [5, 5.41) is 19.8. The molecule has 1 amide bonds. The average Bonchev–Trinajstić information content (AvgIpc) is 2.34. The van der Waals surface area contributed by atoms with Crippen molar-refractivity contribution in [3.63, 3.8) is 0 Å². The third kappa shape index (κ3) is 2.89. The molecule has 0 saturated carbocycles. The van der Waals surface area contributed by atoms with E-state index in [0.29, 0.717) is 5.56 Å². The Morgan fingerprint density at radius 1 is 1.69 bits per heavy atom. The number of carbonyl (C=O) groups excluding carboxylic acids is 1. The van der Waals surface area contributed by atoms with Gasteiger partial charge in [0.15, 0.2) is 6.29 Å². The van der Waals surface area contributed by atoms with Crippen molar-refractivity contribution in [3.8, 4) is 0 Å². The molecule has 72 valence electrons. The van der Waals surface area contributed by atoms with Crippen LogP contribution in [0.25, 0.3) is 0 Å². The number of rotatable bonds is 3. The summed E-state index contributed by atoms with van der Waals surface area (Å²) in [4.78, 5) is 10.7. The van der Waals surface area contributed by atoms with Crippen LogP contribution in [-0.2, 0) is 11.2 Å². The molecule has 0 spiro atoms. The number of hydrogen-bond donors (Lipinski definition) is 3. The molecule has 5 heteroatoms. The molecule has 0 atom stereocenters. The first-order valence-corrected chi connectivity index (χ1v) is 3.79. The first-order chi connectivity index (χ1) is 6.09. The summed E-state index contributed by atoms with van der Waals surface area (Å²) in [6.07, 6.45) is -0.0279. The molecule has 0 aliphatic heterocycles. The summed E-state index contributed by atoms with van der Waals surface area (Å²) in [6.45, 7) is 1.35. The van der Waals surface area contributed by atoms with E-state index in [9.17, 15) is 4.79 Å². The monoisotopic (exact) mass is 185 g/mol. The van der Waals surface area contributed by atoms with Gasteiger partial charge in [-0.2, -0.15) is 0 Å². The minimum Gasteiger partial charge on any atom is -0.448 e. The van der Waals surface area contributed by atoms with Crippen LogP contribution in [0, 0.1) is 0 Å². The molecular weight excluding hydrogens is 174 g/mol. The number of aliphatic hydroxyl groups is 2. The molecule has 0 aliphatic rings. The number of aliphatic hydroxyl groups excluding tert-OH is 1. The number of anilines is 1. The topological polar surface area (TPSA) is 82.7 Å². The molecule has 5 nitrogen and oxygen atoms in total. The first kappa shape index (κ1) is 9.76. The Balaban J connectivity index is 2.71. The number of hydrogen-bond acceptors (Lipinski definition) is 4. The van der Waals surface area contributed by atoms with Crippen LogP contribution in [0.3, 0.4) is 0 Å². The van der Waals surface area contributed by atoms with E-state index >= 15 is 0 Å². The highest BCUT2D eigenvalue weighted by atomic mass is 16.5. The summed E-state index contributed by atoms with van der Waals surface area (Å²) in [5.74, 6) is 0.00392. The van der Waals surface area contributed by atoms with Crippen LogP contribution < -0.4 is 5.32 Å². The van der Waals surface area contributed by atoms with Gasteiger partial charge in [0.05, 0.1) is 6.26 Å². The predicted octanol–water partition coefficient (Wildman–Crippen LogP) is 0.0912. The van der Waals surface area contributed by atoms with E-state index in [-0.39, 0.29) is 18.2 Å². The van der Waals surface area contributed by atoms with E-state index in [1.165, 1.54) is 13.2 Å². The van der Waals surface area contributed by atoms with Crippen LogP contribution in [0.1, 0.15) is 12.5 Å². The number of furan rings is 1. The van der Waals surface area contributed by atoms with E-state index < -0.39 is 6.29 Å². The first-order valence-electron chi connectivity index (χ1n) is 3.79. The lowest BCUT2D eigenvalue weighted by atomic mass is 10.2.